The average Bonchev–Trinajstić information content (AvgIpc) is 2.60. The fraction of sp³-hybridized carbons (Fsp3) is 0.632. The Morgan fingerprint density at radius 2 is 1.96 bits per heavy atom. The van der Waals surface area contributed by atoms with Crippen LogP contribution < -0.4 is 5.32 Å². The van der Waals surface area contributed by atoms with Gasteiger partial charge in [-0.3, -0.25) is 9.69 Å². The number of hydrogen-bond donors (Lipinski definition) is 1. The normalized spacial score (nSPS) is 26.8. The molecule has 132 valence electrons. The van der Waals surface area contributed by atoms with E-state index >= 15 is 0 Å². The van der Waals surface area contributed by atoms with Gasteiger partial charge in [-0.1, -0.05) is 38.0 Å². The average molecular weight is 334 g/mol. The summed E-state index contributed by atoms with van der Waals surface area (Å²) in [6.45, 7) is 4.65. The molecular weight excluding hydrogens is 307 g/mol. The number of rotatable bonds is 4. The van der Waals surface area contributed by atoms with E-state index in [1.807, 2.05) is 4.90 Å². The van der Waals surface area contributed by atoms with Crippen LogP contribution in [0.4, 0.5) is 4.39 Å². The van der Waals surface area contributed by atoms with Gasteiger partial charge in [0, 0.05) is 24.7 Å². The minimum atomic E-state index is -0.579. The van der Waals surface area contributed by atoms with Crippen molar-refractivity contribution in [2.45, 2.75) is 44.7 Å². The van der Waals surface area contributed by atoms with E-state index in [0.29, 0.717) is 37.8 Å². The summed E-state index contributed by atoms with van der Waals surface area (Å²) in [7, 11) is 0. The standard InChI is InChI=1S/C19H27FN2O2/c1-14-6-2-5-9-17(14)21-19(23)18(22-10-12-24-13-11-22)15-7-3-4-8-16(15)20/h3-4,7-8,14,17-18H,2,5-6,9-13H2,1H3,(H,21,23)/t14-,17+,18-/m1/s1. The quantitative estimate of drug-likeness (QED) is 0.920. The van der Waals surface area contributed by atoms with Crippen LogP contribution in [0.5, 0.6) is 0 Å². The first-order valence-corrected chi connectivity index (χ1v) is 9.03. The molecule has 0 bridgehead atoms. The summed E-state index contributed by atoms with van der Waals surface area (Å²) in [5.41, 5.74) is 0.459. The first-order chi connectivity index (χ1) is 11.7. The SMILES string of the molecule is C[C@@H]1CCCC[C@@H]1NC(=O)[C@@H](c1ccccc1F)N1CCOCC1. The first-order valence-electron chi connectivity index (χ1n) is 9.03. The highest BCUT2D eigenvalue weighted by Gasteiger charge is 2.33. The second kappa shape index (κ2) is 8.08. The molecule has 24 heavy (non-hydrogen) atoms. The second-order valence-electron chi connectivity index (χ2n) is 6.95. The second-order valence-corrected chi connectivity index (χ2v) is 6.95. The lowest BCUT2D eigenvalue weighted by Gasteiger charge is -2.36. The van der Waals surface area contributed by atoms with E-state index in [-0.39, 0.29) is 17.8 Å². The molecule has 0 radical (unpaired) electrons. The number of ether oxygens (including phenoxy) is 1. The van der Waals surface area contributed by atoms with E-state index in [1.54, 1.807) is 18.2 Å². The third-order valence-electron chi connectivity index (χ3n) is 5.30. The lowest BCUT2D eigenvalue weighted by Crippen LogP contribution is -2.50. The van der Waals surface area contributed by atoms with Gasteiger partial charge < -0.3 is 10.1 Å². The van der Waals surface area contributed by atoms with E-state index in [2.05, 4.69) is 12.2 Å². The molecule has 1 aromatic rings. The Morgan fingerprint density at radius 1 is 1.25 bits per heavy atom. The summed E-state index contributed by atoms with van der Waals surface area (Å²) >= 11 is 0. The van der Waals surface area contributed by atoms with Crippen LogP contribution in [0.3, 0.4) is 0 Å². The third kappa shape index (κ3) is 3.95. The summed E-state index contributed by atoms with van der Waals surface area (Å²) in [5.74, 6) is 0.0789. The molecule has 1 saturated carbocycles. The van der Waals surface area contributed by atoms with Gasteiger partial charge in [0.05, 0.1) is 13.2 Å². The van der Waals surface area contributed by atoms with Crippen molar-refractivity contribution in [2.24, 2.45) is 5.92 Å². The lowest BCUT2D eigenvalue weighted by molar-refractivity contribution is -0.130. The van der Waals surface area contributed by atoms with Crippen LogP contribution >= 0.6 is 0 Å². The van der Waals surface area contributed by atoms with Crippen molar-refractivity contribution >= 4 is 5.91 Å². The topological polar surface area (TPSA) is 41.6 Å². The summed E-state index contributed by atoms with van der Waals surface area (Å²) in [6, 6.07) is 6.22. The van der Waals surface area contributed by atoms with Gasteiger partial charge in [0.1, 0.15) is 11.9 Å². The Morgan fingerprint density at radius 3 is 2.67 bits per heavy atom. The molecule has 1 N–H and O–H groups in total. The zero-order chi connectivity index (χ0) is 16.9. The molecule has 4 nitrogen and oxygen atoms in total. The first kappa shape index (κ1) is 17.4. The predicted octanol–water partition coefficient (Wildman–Crippen LogP) is 2.89. The third-order valence-corrected chi connectivity index (χ3v) is 5.30. The lowest BCUT2D eigenvalue weighted by atomic mass is 9.85. The van der Waals surface area contributed by atoms with Crippen molar-refractivity contribution in [3.8, 4) is 0 Å². The molecule has 3 atom stereocenters. The number of hydrogen-bond acceptors (Lipinski definition) is 3. The summed E-state index contributed by atoms with van der Waals surface area (Å²) in [6.07, 6.45) is 4.54. The van der Waals surface area contributed by atoms with Gasteiger partial charge in [-0.15, -0.1) is 0 Å². The van der Waals surface area contributed by atoms with Gasteiger partial charge in [0.2, 0.25) is 5.91 Å². The van der Waals surface area contributed by atoms with Gasteiger partial charge >= 0.3 is 0 Å². The van der Waals surface area contributed by atoms with Crippen LogP contribution in [0.2, 0.25) is 0 Å². The van der Waals surface area contributed by atoms with Gasteiger partial charge in [-0.25, -0.2) is 4.39 Å². The molecule has 1 aliphatic carbocycles. The zero-order valence-corrected chi connectivity index (χ0v) is 14.3. The molecular formula is C19H27FN2O2. The van der Waals surface area contributed by atoms with E-state index < -0.39 is 6.04 Å². The molecule has 5 heteroatoms. The van der Waals surface area contributed by atoms with Crippen LogP contribution in [0.1, 0.15) is 44.2 Å². The maximum atomic E-state index is 14.4. The molecule has 1 aliphatic heterocycles. The smallest absolute Gasteiger partial charge is 0.242 e. The molecule has 0 spiro atoms. The molecule has 2 fully saturated rings. The van der Waals surface area contributed by atoms with Crippen LogP contribution in [0, 0.1) is 11.7 Å². The highest BCUT2D eigenvalue weighted by molar-refractivity contribution is 5.83. The number of benzene rings is 1. The highest BCUT2D eigenvalue weighted by atomic mass is 19.1. The molecule has 1 saturated heterocycles. The molecule has 1 amide bonds. The Labute approximate surface area is 143 Å². The number of carbonyl (C=O) groups excluding carboxylic acids is 1. The molecule has 3 rings (SSSR count). The number of carbonyl (C=O) groups is 1. The minimum Gasteiger partial charge on any atom is -0.379 e. The summed E-state index contributed by atoms with van der Waals surface area (Å²) in [5, 5.41) is 3.20. The zero-order valence-electron chi connectivity index (χ0n) is 14.3. The summed E-state index contributed by atoms with van der Waals surface area (Å²) < 4.78 is 19.8. The van der Waals surface area contributed by atoms with Crippen molar-refractivity contribution < 1.29 is 13.9 Å². The largest absolute Gasteiger partial charge is 0.379 e. The highest BCUT2D eigenvalue weighted by Crippen LogP contribution is 2.28. The summed E-state index contributed by atoms with van der Waals surface area (Å²) in [4.78, 5) is 15.1. The van der Waals surface area contributed by atoms with Gasteiger partial charge in [-0.2, -0.15) is 0 Å². The van der Waals surface area contributed by atoms with E-state index in [9.17, 15) is 9.18 Å². The van der Waals surface area contributed by atoms with Crippen molar-refractivity contribution in [1.29, 1.82) is 0 Å². The number of nitrogens with one attached hydrogen (secondary N) is 1. The number of nitrogens with zero attached hydrogens (tertiary/aromatic N) is 1. The molecule has 2 aliphatic rings. The fourth-order valence-electron chi connectivity index (χ4n) is 3.83. The van der Waals surface area contributed by atoms with Crippen molar-refractivity contribution in [2.75, 3.05) is 26.3 Å². The fourth-order valence-corrected chi connectivity index (χ4v) is 3.83. The maximum absolute atomic E-state index is 14.4. The predicted molar refractivity (Wildman–Crippen MR) is 91.1 cm³/mol. The van der Waals surface area contributed by atoms with E-state index in [0.717, 1.165) is 19.3 Å². The molecule has 0 unspecified atom stereocenters. The van der Waals surface area contributed by atoms with E-state index in [1.165, 1.54) is 12.5 Å². The van der Waals surface area contributed by atoms with Gasteiger partial charge in [0.15, 0.2) is 0 Å². The van der Waals surface area contributed by atoms with Crippen LogP contribution in [-0.4, -0.2) is 43.2 Å². The number of halogens is 1. The van der Waals surface area contributed by atoms with Gasteiger partial charge in [-0.05, 0) is 24.8 Å². The Bertz CT molecular complexity index is 560. The molecule has 0 aromatic heterocycles. The van der Waals surface area contributed by atoms with Crippen LogP contribution in [0.25, 0.3) is 0 Å². The van der Waals surface area contributed by atoms with Crippen molar-refractivity contribution in [3.05, 3.63) is 35.6 Å². The van der Waals surface area contributed by atoms with Crippen LogP contribution in [-0.2, 0) is 9.53 Å². The maximum Gasteiger partial charge on any atom is 0.242 e. The minimum absolute atomic E-state index is 0.0826. The van der Waals surface area contributed by atoms with Crippen molar-refractivity contribution in [1.82, 2.24) is 10.2 Å². The van der Waals surface area contributed by atoms with Crippen molar-refractivity contribution in [3.63, 3.8) is 0 Å². The number of morpholine rings is 1. The van der Waals surface area contributed by atoms with E-state index in [4.69, 9.17) is 4.74 Å². The van der Waals surface area contributed by atoms with Crippen LogP contribution in [0.15, 0.2) is 24.3 Å². The Balaban J connectivity index is 1.80. The molecule has 1 heterocycles. The monoisotopic (exact) mass is 334 g/mol. The number of amides is 1. The Hall–Kier alpha value is -1.46. The van der Waals surface area contributed by atoms with Gasteiger partial charge in [0.25, 0.3) is 0 Å². The Kier molecular flexibility index (Phi) is 5.85. The molecule has 1 aromatic carbocycles.